The lowest BCUT2D eigenvalue weighted by Gasteiger charge is -2.42. The molecule has 2 saturated heterocycles. The van der Waals surface area contributed by atoms with Gasteiger partial charge in [0.1, 0.15) is 43.5 Å². The van der Waals surface area contributed by atoms with E-state index in [0.717, 1.165) is 18.6 Å². The number of carboxylic acid groups (broad SMARTS) is 1. The zero-order chi connectivity index (χ0) is 41.7. The Hall–Kier alpha value is -6.15. The van der Waals surface area contributed by atoms with Gasteiger partial charge in [0.05, 0.1) is 22.4 Å². The molecule has 2 fully saturated rings. The SMILES string of the molecule is C[C@@H]1CCN(C(=O)CC#N)C[C@@H]1N(C)c1ncnc2c1ccn2C(=O)N(C)CCN(C)C(=O)OCc1ccc(O[C@@H]2O[C@H](C(=O)O)[C@@H](O)[C@H](O)[C@H]2O)c([N+](=O)[O-])c1. The number of nitro groups is 1. The molecule has 4 heterocycles. The van der Waals surface area contributed by atoms with Gasteiger partial charge in [-0.3, -0.25) is 19.5 Å². The van der Waals surface area contributed by atoms with Gasteiger partial charge in [-0.15, -0.1) is 0 Å². The maximum atomic E-state index is 13.5. The molecule has 0 radical (unpaired) electrons. The number of aliphatic carboxylic acids is 1. The molecule has 4 N–H and O–H groups in total. The third-order valence-electron chi connectivity index (χ3n) is 10.0. The number of carbonyl (C=O) groups excluding carboxylic acids is 3. The number of likely N-dealkylation sites (N-methyl/N-ethyl adjacent to an activating group) is 3. The zero-order valence-corrected chi connectivity index (χ0v) is 31.4. The molecule has 3 aromatic rings. The first kappa shape index (κ1) is 42.0. The number of aliphatic hydroxyl groups is 3. The van der Waals surface area contributed by atoms with E-state index in [0.29, 0.717) is 29.9 Å². The fraction of sp³-hybridized carbons (Fsp3) is 0.514. The molecule has 22 heteroatoms. The highest BCUT2D eigenvalue weighted by Crippen LogP contribution is 2.33. The summed E-state index contributed by atoms with van der Waals surface area (Å²) >= 11 is 0. The highest BCUT2D eigenvalue weighted by atomic mass is 16.7. The van der Waals surface area contributed by atoms with Crippen molar-refractivity contribution < 1.29 is 58.7 Å². The van der Waals surface area contributed by atoms with Gasteiger partial charge >= 0.3 is 23.8 Å². The van der Waals surface area contributed by atoms with Crippen LogP contribution in [-0.2, 0) is 25.7 Å². The average Bonchev–Trinajstić information content (AvgIpc) is 3.63. The number of ether oxygens (including phenoxy) is 3. The maximum Gasteiger partial charge on any atom is 0.409 e. The van der Waals surface area contributed by atoms with Crippen LogP contribution in [0.3, 0.4) is 0 Å². The van der Waals surface area contributed by atoms with Crippen LogP contribution in [0.15, 0.2) is 36.8 Å². The first-order valence-electron chi connectivity index (χ1n) is 17.7. The summed E-state index contributed by atoms with van der Waals surface area (Å²) in [6, 6.07) is 6.55. The summed E-state index contributed by atoms with van der Waals surface area (Å²) in [7, 11) is 4.85. The molecule has 0 spiro atoms. The number of carbonyl (C=O) groups is 4. The van der Waals surface area contributed by atoms with E-state index in [1.807, 2.05) is 18.0 Å². The van der Waals surface area contributed by atoms with Crippen molar-refractivity contribution in [3.8, 4) is 11.8 Å². The number of hydrogen-bond donors (Lipinski definition) is 4. The van der Waals surface area contributed by atoms with Crippen LogP contribution in [-0.4, -0.2) is 163 Å². The van der Waals surface area contributed by atoms with Crippen molar-refractivity contribution in [2.75, 3.05) is 52.2 Å². The van der Waals surface area contributed by atoms with Crippen molar-refractivity contribution in [3.05, 3.63) is 52.5 Å². The first-order chi connectivity index (χ1) is 27.0. The maximum absolute atomic E-state index is 13.5. The summed E-state index contributed by atoms with van der Waals surface area (Å²) in [4.78, 5) is 76.3. The van der Waals surface area contributed by atoms with Crippen LogP contribution < -0.4 is 9.64 Å². The molecule has 0 saturated carbocycles. The number of aliphatic hydroxyl groups excluding tert-OH is 3. The summed E-state index contributed by atoms with van der Waals surface area (Å²) in [5.74, 6) is -1.56. The monoisotopic (exact) mass is 797 g/mol. The largest absolute Gasteiger partial charge is 0.479 e. The molecule has 0 unspecified atom stereocenters. The van der Waals surface area contributed by atoms with Gasteiger partial charge < -0.3 is 54.2 Å². The standard InChI is InChI=1S/C35H43N9O13/c1-19-8-11-42(25(45)7-10-36)16-23(19)41(4)30-21-9-12-43(31(21)38-18-37-30)34(51)39(2)13-14-40(3)35(52)55-17-20-5-6-24(22(15-20)44(53)54)56-33-28(48)26(46)27(47)29(57-33)32(49)50/h5-6,9,12,15,18-19,23,26-29,33,46-48H,7-8,11,13-14,16-17H2,1-4H3,(H,49,50)/t19-,23+,26+,27+,28-,29+,33-/m1/s1. The predicted molar refractivity (Wildman–Crippen MR) is 195 cm³/mol. The van der Waals surface area contributed by atoms with Gasteiger partial charge in [-0.25, -0.2) is 24.4 Å². The smallest absolute Gasteiger partial charge is 0.409 e. The van der Waals surface area contributed by atoms with Crippen molar-refractivity contribution in [1.29, 1.82) is 5.26 Å². The minimum absolute atomic E-state index is 0.0400. The number of nitriles is 1. The average molecular weight is 798 g/mol. The van der Waals surface area contributed by atoms with Crippen LogP contribution in [0.25, 0.3) is 11.0 Å². The van der Waals surface area contributed by atoms with Crippen LogP contribution in [0.1, 0.15) is 25.3 Å². The van der Waals surface area contributed by atoms with Crippen LogP contribution >= 0.6 is 0 Å². The Morgan fingerprint density at radius 2 is 1.79 bits per heavy atom. The van der Waals surface area contributed by atoms with Crippen molar-refractivity contribution in [3.63, 3.8) is 0 Å². The topological polar surface area (TPSA) is 287 Å². The third kappa shape index (κ3) is 9.12. The summed E-state index contributed by atoms with van der Waals surface area (Å²) < 4.78 is 17.0. The molecule has 0 bridgehead atoms. The van der Waals surface area contributed by atoms with Crippen LogP contribution in [0.5, 0.6) is 5.75 Å². The number of fused-ring (bicyclic) bond motifs is 1. The van der Waals surface area contributed by atoms with Crippen LogP contribution in [0.4, 0.5) is 21.1 Å². The number of amides is 3. The van der Waals surface area contributed by atoms with Gasteiger partial charge in [-0.2, -0.15) is 5.26 Å². The Labute approximate surface area is 325 Å². The second-order valence-corrected chi connectivity index (χ2v) is 13.8. The number of anilines is 1. The Morgan fingerprint density at radius 1 is 1.07 bits per heavy atom. The fourth-order valence-electron chi connectivity index (χ4n) is 6.59. The molecule has 2 aromatic heterocycles. The van der Waals surface area contributed by atoms with Gasteiger partial charge in [-0.1, -0.05) is 13.0 Å². The second-order valence-electron chi connectivity index (χ2n) is 13.8. The molecule has 5 rings (SSSR count). The lowest BCUT2D eigenvalue weighted by molar-refractivity contribution is -0.387. The zero-order valence-electron chi connectivity index (χ0n) is 31.4. The molecule has 306 valence electrons. The van der Waals surface area contributed by atoms with Crippen molar-refractivity contribution >= 4 is 46.5 Å². The Kier molecular flexibility index (Phi) is 13.1. The number of aromatic nitrogens is 3. The van der Waals surface area contributed by atoms with Gasteiger partial charge in [0, 0.05) is 59.6 Å². The Balaban J connectivity index is 1.17. The highest BCUT2D eigenvalue weighted by Gasteiger charge is 2.48. The third-order valence-corrected chi connectivity index (χ3v) is 10.0. The Morgan fingerprint density at radius 3 is 2.47 bits per heavy atom. The first-order valence-corrected chi connectivity index (χ1v) is 17.7. The summed E-state index contributed by atoms with van der Waals surface area (Å²) in [5.41, 5.74) is -0.131. The number of hydrogen-bond acceptors (Lipinski definition) is 16. The van der Waals surface area contributed by atoms with Gasteiger partial charge in [0.15, 0.2) is 17.5 Å². The second kappa shape index (κ2) is 17.8. The summed E-state index contributed by atoms with van der Waals surface area (Å²) in [6.45, 7) is 2.78. The minimum Gasteiger partial charge on any atom is -0.479 e. The number of carboxylic acids is 1. The summed E-state index contributed by atoms with van der Waals surface area (Å²) in [6.07, 6.45) is -7.10. The van der Waals surface area contributed by atoms with Crippen LogP contribution in [0.2, 0.25) is 0 Å². The number of rotatable bonds is 12. The van der Waals surface area contributed by atoms with E-state index in [1.165, 1.54) is 33.8 Å². The Bertz CT molecular complexity index is 2040. The predicted octanol–water partition coefficient (Wildman–Crippen LogP) is 0.366. The molecular weight excluding hydrogens is 754 g/mol. The molecule has 2 aliphatic rings. The number of likely N-dealkylation sites (tertiary alicyclic amines) is 1. The molecule has 0 aliphatic carbocycles. The minimum atomic E-state index is -1.98. The quantitative estimate of drug-likeness (QED) is 0.142. The molecule has 22 nitrogen and oxygen atoms in total. The fourth-order valence-corrected chi connectivity index (χ4v) is 6.59. The lowest BCUT2D eigenvalue weighted by atomic mass is 9.92. The molecule has 57 heavy (non-hydrogen) atoms. The van der Waals surface area contributed by atoms with Gasteiger partial charge in [-0.05, 0) is 30.0 Å². The van der Waals surface area contributed by atoms with E-state index in [4.69, 9.17) is 19.5 Å². The molecule has 2 aliphatic heterocycles. The lowest BCUT2D eigenvalue weighted by Crippen LogP contribution is -2.61. The number of nitrogens with zero attached hydrogens (tertiary/aromatic N) is 9. The van der Waals surface area contributed by atoms with E-state index >= 15 is 0 Å². The van der Waals surface area contributed by atoms with E-state index in [1.54, 1.807) is 24.2 Å². The molecule has 1 aromatic carbocycles. The van der Waals surface area contributed by atoms with E-state index in [2.05, 4.69) is 16.9 Å². The van der Waals surface area contributed by atoms with E-state index < -0.39 is 71.8 Å². The number of nitro benzene ring substituents is 1. The van der Waals surface area contributed by atoms with Crippen molar-refractivity contribution in [2.45, 2.75) is 63.1 Å². The molecular formula is C35H43N9O13. The number of benzene rings is 1. The van der Waals surface area contributed by atoms with Crippen molar-refractivity contribution in [2.24, 2.45) is 5.92 Å². The van der Waals surface area contributed by atoms with Gasteiger partial charge in [0.25, 0.3) is 0 Å². The van der Waals surface area contributed by atoms with Gasteiger partial charge in [0.2, 0.25) is 12.2 Å². The normalized spacial score (nSPS) is 23.3. The van der Waals surface area contributed by atoms with E-state index in [9.17, 15) is 49.7 Å². The molecule has 7 atom stereocenters. The highest BCUT2D eigenvalue weighted by molar-refractivity contribution is 5.95. The van der Waals surface area contributed by atoms with Crippen molar-refractivity contribution in [1.82, 2.24) is 29.2 Å². The number of piperidine rings is 1. The van der Waals surface area contributed by atoms with Crippen LogP contribution in [0, 0.1) is 27.4 Å². The summed E-state index contributed by atoms with van der Waals surface area (Å²) in [5, 5.41) is 60.8. The van der Waals surface area contributed by atoms with E-state index in [-0.39, 0.29) is 42.9 Å². The molecule has 3 amide bonds.